The van der Waals surface area contributed by atoms with Gasteiger partial charge in [0.2, 0.25) is 5.88 Å². The molecule has 1 aromatic heterocycles. The molecule has 4 aromatic rings. The molecule has 134 valence electrons. The van der Waals surface area contributed by atoms with Crippen molar-refractivity contribution in [3.8, 4) is 17.4 Å². The monoisotopic (exact) mass is 358 g/mol. The molecule has 3 N–H and O–H groups in total. The topological polar surface area (TPSA) is 82.3 Å². The van der Waals surface area contributed by atoms with Crippen LogP contribution in [0, 0.1) is 0 Å². The molecule has 1 heterocycles. The lowest BCUT2D eigenvalue weighted by atomic mass is 10.1. The maximum absolute atomic E-state index is 6.21. The molecule has 6 heteroatoms. The lowest BCUT2D eigenvalue weighted by Crippen LogP contribution is -2.03. The van der Waals surface area contributed by atoms with Crippen molar-refractivity contribution in [1.82, 2.24) is 9.97 Å². The highest BCUT2D eigenvalue weighted by atomic mass is 16.5. The van der Waals surface area contributed by atoms with Gasteiger partial charge in [-0.1, -0.05) is 30.3 Å². The van der Waals surface area contributed by atoms with Crippen LogP contribution < -0.4 is 20.5 Å². The molecule has 0 bridgehead atoms. The van der Waals surface area contributed by atoms with Crippen LogP contribution in [0.4, 0.5) is 17.2 Å². The summed E-state index contributed by atoms with van der Waals surface area (Å²) in [5.41, 5.74) is 7.38. The number of methoxy groups -OCH3 is 1. The van der Waals surface area contributed by atoms with Gasteiger partial charge in [-0.3, -0.25) is 0 Å². The first-order valence-corrected chi connectivity index (χ1v) is 8.41. The summed E-state index contributed by atoms with van der Waals surface area (Å²) in [5.74, 6) is 2.22. The van der Waals surface area contributed by atoms with Gasteiger partial charge in [0.15, 0.2) is 5.82 Å². The fraction of sp³-hybridized carbons (Fsp3) is 0.0476. The van der Waals surface area contributed by atoms with E-state index in [4.69, 9.17) is 15.2 Å². The molecule has 4 rings (SSSR count). The van der Waals surface area contributed by atoms with Crippen LogP contribution in [-0.4, -0.2) is 17.1 Å². The fourth-order valence-electron chi connectivity index (χ4n) is 2.71. The number of rotatable bonds is 5. The summed E-state index contributed by atoms with van der Waals surface area (Å²) >= 11 is 0. The average molecular weight is 358 g/mol. The molecule has 0 unspecified atom stereocenters. The number of nitrogen functional groups attached to an aromatic ring is 1. The van der Waals surface area contributed by atoms with Gasteiger partial charge in [-0.25, -0.2) is 4.98 Å². The third-order valence-electron chi connectivity index (χ3n) is 4.14. The van der Waals surface area contributed by atoms with Crippen LogP contribution in [0.1, 0.15) is 0 Å². The van der Waals surface area contributed by atoms with E-state index in [0.717, 1.165) is 22.2 Å². The first kappa shape index (κ1) is 16.7. The van der Waals surface area contributed by atoms with Crippen molar-refractivity contribution in [2.45, 2.75) is 0 Å². The second kappa shape index (κ2) is 7.21. The highest BCUT2D eigenvalue weighted by molar-refractivity contribution is 5.84. The normalized spacial score (nSPS) is 10.6. The molecule has 0 aliphatic carbocycles. The van der Waals surface area contributed by atoms with E-state index in [9.17, 15) is 0 Å². The van der Waals surface area contributed by atoms with Crippen molar-refractivity contribution < 1.29 is 9.47 Å². The zero-order valence-electron chi connectivity index (χ0n) is 14.7. The Morgan fingerprint density at radius 1 is 0.852 bits per heavy atom. The molecule has 27 heavy (non-hydrogen) atoms. The van der Waals surface area contributed by atoms with Gasteiger partial charge in [-0.2, -0.15) is 4.98 Å². The lowest BCUT2D eigenvalue weighted by Gasteiger charge is -2.12. The van der Waals surface area contributed by atoms with Crippen LogP contribution in [0.25, 0.3) is 10.8 Å². The molecule has 0 spiro atoms. The van der Waals surface area contributed by atoms with E-state index >= 15 is 0 Å². The van der Waals surface area contributed by atoms with Gasteiger partial charge in [0.1, 0.15) is 23.5 Å². The van der Waals surface area contributed by atoms with Crippen LogP contribution in [0.3, 0.4) is 0 Å². The van der Waals surface area contributed by atoms with Crippen molar-refractivity contribution in [2.75, 3.05) is 18.2 Å². The number of benzene rings is 3. The SMILES string of the molecule is COc1ccc(Nc2ncnc(Oc3ccc4ccccc4c3)c2N)cc1. The first-order chi connectivity index (χ1) is 13.2. The van der Waals surface area contributed by atoms with Crippen molar-refractivity contribution in [3.05, 3.63) is 73.1 Å². The molecular formula is C21H18N4O2. The second-order valence-electron chi connectivity index (χ2n) is 5.91. The van der Waals surface area contributed by atoms with E-state index in [1.807, 2.05) is 60.7 Å². The Morgan fingerprint density at radius 2 is 1.59 bits per heavy atom. The van der Waals surface area contributed by atoms with Crippen molar-refractivity contribution >= 4 is 28.0 Å². The number of nitrogens with two attached hydrogens (primary N) is 1. The summed E-state index contributed by atoms with van der Waals surface area (Å²) in [6.45, 7) is 0. The fourth-order valence-corrected chi connectivity index (χ4v) is 2.71. The van der Waals surface area contributed by atoms with E-state index < -0.39 is 0 Å². The number of nitrogens with zero attached hydrogens (tertiary/aromatic N) is 2. The molecule has 0 saturated heterocycles. The smallest absolute Gasteiger partial charge is 0.248 e. The van der Waals surface area contributed by atoms with Gasteiger partial charge >= 0.3 is 0 Å². The van der Waals surface area contributed by atoms with Gasteiger partial charge < -0.3 is 20.5 Å². The Bertz CT molecular complexity index is 1080. The van der Waals surface area contributed by atoms with E-state index in [0.29, 0.717) is 23.1 Å². The zero-order valence-corrected chi connectivity index (χ0v) is 14.7. The predicted molar refractivity (Wildman–Crippen MR) is 107 cm³/mol. The van der Waals surface area contributed by atoms with Gasteiger partial charge in [0.05, 0.1) is 7.11 Å². The predicted octanol–water partition coefficient (Wildman–Crippen LogP) is 4.76. The Hall–Kier alpha value is -3.80. The van der Waals surface area contributed by atoms with Crippen LogP contribution in [0.2, 0.25) is 0 Å². The Morgan fingerprint density at radius 3 is 2.37 bits per heavy atom. The Kier molecular flexibility index (Phi) is 4.45. The molecular weight excluding hydrogens is 340 g/mol. The largest absolute Gasteiger partial charge is 0.497 e. The number of ether oxygens (including phenoxy) is 2. The van der Waals surface area contributed by atoms with Gasteiger partial charge in [-0.15, -0.1) is 0 Å². The Labute approximate surface area is 156 Å². The van der Waals surface area contributed by atoms with E-state index in [-0.39, 0.29) is 0 Å². The highest BCUT2D eigenvalue weighted by Gasteiger charge is 2.11. The van der Waals surface area contributed by atoms with E-state index in [1.165, 1.54) is 6.33 Å². The number of anilines is 3. The third-order valence-corrected chi connectivity index (χ3v) is 4.14. The number of aromatic nitrogens is 2. The molecule has 0 saturated carbocycles. The molecule has 3 aromatic carbocycles. The van der Waals surface area contributed by atoms with Gasteiger partial charge in [-0.05, 0) is 47.2 Å². The van der Waals surface area contributed by atoms with Crippen LogP contribution in [0.5, 0.6) is 17.4 Å². The molecule has 0 aliphatic heterocycles. The molecule has 6 nitrogen and oxygen atoms in total. The summed E-state index contributed by atoms with van der Waals surface area (Å²) in [6.07, 6.45) is 1.42. The molecule has 0 amide bonds. The number of fused-ring (bicyclic) bond motifs is 1. The van der Waals surface area contributed by atoms with Crippen LogP contribution in [0.15, 0.2) is 73.1 Å². The maximum atomic E-state index is 6.21. The summed E-state index contributed by atoms with van der Waals surface area (Å²) in [7, 11) is 1.63. The Balaban J connectivity index is 1.58. The van der Waals surface area contributed by atoms with E-state index in [1.54, 1.807) is 7.11 Å². The quantitative estimate of drug-likeness (QED) is 0.535. The summed E-state index contributed by atoms with van der Waals surface area (Å²) in [5, 5.41) is 5.39. The summed E-state index contributed by atoms with van der Waals surface area (Å²) < 4.78 is 11.1. The first-order valence-electron chi connectivity index (χ1n) is 8.41. The van der Waals surface area contributed by atoms with Crippen LogP contribution in [-0.2, 0) is 0 Å². The zero-order chi connectivity index (χ0) is 18.6. The molecule has 0 aliphatic rings. The van der Waals surface area contributed by atoms with Crippen LogP contribution >= 0.6 is 0 Å². The molecule has 0 fully saturated rings. The second-order valence-corrected chi connectivity index (χ2v) is 5.91. The minimum absolute atomic E-state index is 0.302. The number of hydrogen-bond donors (Lipinski definition) is 2. The third kappa shape index (κ3) is 3.59. The standard InChI is InChI=1S/C21H18N4O2/c1-26-17-10-7-16(8-11-17)25-20-19(22)21(24-13-23-20)27-18-9-6-14-4-2-3-5-15(14)12-18/h2-13H,22H2,1H3,(H,23,24,25). The highest BCUT2D eigenvalue weighted by Crippen LogP contribution is 2.32. The average Bonchev–Trinajstić information content (AvgIpc) is 2.71. The van der Waals surface area contributed by atoms with Crippen molar-refractivity contribution in [2.24, 2.45) is 0 Å². The lowest BCUT2D eigenvalue weighted by molar-refractivity contribution is 0.415. The minimum Gasteiger partial charge on any atom is -0.497 e. The minimum atomic E-state index is 0.302. The summed E-state index contributed by atoms with van der Waals surface area (Å²) in [6, 6.07) is 21.4. The molecule has 0 atom stereocenters. The summed E-state index contributed by atoms with van der Waals surface area (Å²) in [4.78, 5) is 8.37. The number of nitrogens with one attached hydrogen (secondary N) is 1. The van der Waals surface area contributed by atoms with Crippen molar-refractivity contribution in [3.63, 3.8) is 0 Å². The van der Waals surface area contributed by atoms with Crippen molar-refractivity contribution in [1.29, 1.82) is 0 Å². The molecule has 0 radical (unpaired) electrons. The maximum Gasteiger partial charge on any atom is 0.248 e. The number of hydrogen-bond acceptors (Lipinski definition) is 6. The van der Waals surface area contributed by atoms with Gasteiger partial charge in [0.25, 0.3) is 0 Å². The van der Waals surface area contributed by atoms with Gasteiger partial charge in [0, 0.05) is 5.69 Å². The van der Waals surface area contributed by atoms with E-state index in [2.05, 4.69) is 21.4 Å².